The number of aromatic nitrogens is 1. The summed E-state index contributed by atoms with van der Waals surface area (Å²) in [5.74, 6) is -0.288. The summed E-state index contributed by atoms with van der Waals surface area (Å²) < 4.78 is 0. The average molecular weight is 396 g/mol. The maximum atomic E-state index is 12.7. The smallest absolute Gasteiger partial charge is 0.252 e. The number of halogens is 1. The number of pyridine rings is 1. The Morgan fingerprint density at radius 1 is 1.11 bits per heavy atom. The van der Waals surface area contributed by atoms with Gasteiger partial charge in [-0.1, -0.05) is 55.8 Å². The first-order valence-corrected chi connectivity index (χ1v) is 9.59. The van der Waals surface area contributed by atoms with Gasteiger partial charge in [-0.2, -0.15) is 0 Å². The van der Waals surface area contributed by atoms with Gasteiger partial charge in [-0.15, -0.1) is 0 Å². The van der Waals surface area contributed by atoms with Gasteiger partial charge in [0.2, 0.25) is 5.91 Å². The van der Waals surface area contributed by atoms with Crippen molar-refractivity contribution in [2.75, 3.05) is 5.32 Å². The predicted octanol–water partition coefficient (Wildman–Crippen LogP) is 4.80. The second-order valence-corrected chi connectivity index (χ2v) is 7.08. The van der Waals surface area contributed by atoms with Crippen LogP contribution in [0.3, 0.4) is 0 Å². The van der Waals surface area contributed by atoms with Gasteiger partial charge in [0, 0.05) is 23.5 Å². The van der Waals surface area contributed by atoms with Gasteiger partial charge in [-0.3, -0.25) is 9.59 Å². The molecule has 1 unspecified atom stereocenters. The second-order valence-electron chi connectivity index (χ2n) is 6.69. The third-order valence-electron chi connectivity index (χ3n) is 4.64. The van der Waals surface area contributed by atoms with Crippen molar-refractivity contribution in [3.63, 3.8) is 0 Å². The van der Waals surface area contributed by atoms with Gasteiger partial charge in [0.15, 0.2) is 0 Å². The number of nitrogens with zero attached hydrogens (tertiary/aromatic N) is 1. The van der Waals surface area contributed by atoms with E-state index in [-0.39, 0.29) is 22.9 Å². The van der Waals surface area contributed by atoms with Gasteiger partial charge in [-0.05, 0) is 36.2 Å². The molecule has 144 valence electrons. The highest BCUT2D eigenvalue weighted by atomic mass is 35.5. The van der Waals surface area contributed by atoms with E-state index in [0.29, 0.717) is 17.6 Å². The molecule has 1 aromatic heterocycles. The lowest BCUT2D eigenvalue weighted by atomic mass is 10.1. The van der Waals surface area contributed by atoms with Crippen LogP contribution in [0, 0.1) is 5.92 Å². The molecule has 6 heteroatoms. The fraction of sp³-hybridized carbons (Fsp3) is 0.227. The molecule has 0 saturated heterocycles. The number of fused-ring (bicyclic) bond motifs is 1. The Balaban J connectivity index is 1.72. The maximum absolute atomic E-state index is 12.7. The topological polar surface area (TPSA) is 71.1 Å². The Morgan fingerprint density at radius 2 is 1.89 bits per heavy atom. The lowest BCUT2D eigenvalue weighted by Crippen LogP contribution is -2.23. The lowest BCUT2D eigenvalue weighted by Gasteiger charge is -2.12. The summed E-state index contributed by atoms with van der Waals surface area (Å²) in [5, 5.41) is 6.84. The molecule has 0 fully saturated rings. The van der Waals surface area contributed by atoms with Crippen molar-refractivity contribution in [2.24, 2.45) is 5.92 Å². The molecule has 2 aromatic carbocycles. The minimum atomic E-state index is -0.227. The van der Waals surface area contributed by atoms with Crippen LogP contribution < -0.4 is 10.6 Å². The quantitative estimate of drug-likeness (QED) is 0.589. The first-order valence-electron chi connectivity index (χ1n) is 9.21. The summed E-state index contributed by atoms with van der Waals surface area (Å²) in [6, 6.07) is 16.4. The van der Waals surface area contributed by atoms with Crippen molar-refractivity contribution in [3.05, 3.63) is 70.9 Å². The minimum Gasteiger partial charge on any atom is -0.348 e. The molecule has 2 amide bonds. The maximum Gasteiger partial charge on any atom is 0.252 e. The molecular weight excluding hydrogens is 374 g/mol. The number of carbonyl (C=O) groups is 2. The molecule has 3 aromatic rings. The highest BCUT2D eigenvalue weighted by molar-refractivity contribution is 6.30. The van der Waals surface area contributed by atoms with Crippen molar-refractivity contribution in [1.29, 1.82) is 0 Å². The highest BCUT2D eigenvalue weighted by Gasteiger charge is 2.13. The largest absolute Gasteiger partial charge is 0.348 e. The molecule has 0 spiro atoms. The molecule has 0 radical (unpaired) electrons. The van der Waals surface area contributed by atoms with Crippen molar-refractivity contribution in [2.45, 2.75) is 26.8 Å². The summed E-state index contributed by atoms with van der Waals surface area (Å²) in [7, 11) is 0. The summed E-state index contributed by atoms with van der Waals surface area (Å²) in [6.45, 7) is 4.20. The average Bonchev–Trinajstić information content (AvgIpc) is 2.70. The zero-order valence-electron chi connectivity index (χ0n) is 15.8. The molecule has 0 aliphatic rings. The van der Waals surface area contributed by atoms with Gasteiger partial charge in [0.1, 0.15) is 5.15 Å². The summed E-state index contributed by atoms with van der Waals surface area (Å²) >= 11 is 6.06. The third kappa shape index (κ3) is 4.67. The molecule has 2 N–H and O–H groups in total. The van der Waals surface area contributed by atoms with E-state index < -0.39 is 0 Å². The highest BCUT2D eigenvalue weighted by Crippen LogP contribution is 2.21. The number of nitrogens with one attached hydrogen (secondary N) is 2. The number of benzene rings is 2. The van der Waals surface area contributed by atoms with Crippen LogP contribution in [0.15, 0.2) is 54.6 Å². The first-order chi connectivity index (χ1) is 13.5. The van der Waals surface area contributed by atoms with Crippen molar-refractivity contribution < 1.29 is 9.59 Å². The molecule has 0 aliphatic heterocycles. The zero-order valence-corrected chi connectivity index (χ0v) is 16.6. The van der Waals surface area contributed by atoms with Crippen LogP contribution >= 0.6 is 11.6 Å². The summed E-state index contributed by atoms with van der Waals surface area (Å²) in [5.41, 5.74) is 2.76. The standard InChI is InChI=1S/C22H22ClN3O2/c1-3-14(2)21(27)25-16-8-6-7-15(11-16)13-24-22(28)18-12-20(23)26-19-10-5-4-9-17(18)19/h4-12,14H,3,13H2,1-2H3,(H,24,28)(H,25,27). The predicted molar refractivity (Wildman–Crippen MR) is 112 cm³/mol. The summed E-state index contributed by atoms with van der Waals surface area (Å²) in [6.07, 6.45) is 0.782. The Morgan fingerprint density at radius 3 is 2.68 bits per heavy atom. The summed E-state index contributed by atoms with van der Waals surface area (Å²) in [4.78, 5) is 29.0. The molecule has 1 heterocycles. The Hall–Kier alpha value is -2.92. The molecular formula is C22H22ClN3O2. The third-order valence-corrected chi connectivity index (χ3v) is 4.83. The molecule has 28 heavy (non-hydrogen) atoms. The van der Waals surface area contributed by atoms with Gasteiger partial charge < -0.3 is 10.6 Å². The number of hydrogen-bond acceptors (Lipinski definition) is 3. The first kappa shape index (κ1) is 19.8. The van der Waals surface area contributed by atoms with E-state index in [4.69, 9.17) is 11.6 Å². The number of carbonyl (C=O) groups excluding carboxylic acids is 2. The van der Waals surface area contributed by atoms with Gasteiger partial charge in [0.25, 0.3) is 5.91 Å². The van der Waals surface area contributed by atoms with Crippen LogP contribution in [0.2, 0.25) is 5.15 Å². The van der Waals surface area contributed by atoms with Crippen LogP contribution in [0.4, 0.5) is 5.69 Å². The SMILES string of the molecule is CCC(C)C(=O)Nc1cccc(CNC(=O)c2cc(Cl)nc3ccccc23)c1. The fourth-order valence-corrected chi connectivity index (χ4v) is 3.02. The Labute approximate surface area is 169 Å². The van der Waals surface area contributed by atoms with E-state index in [1.165, 1.54) is 0 Å². The number of rotatable bonds is 6. The minimum absolute atomic E-state index is 0.0124. The zero-order chi connectivity index (χ0) is 20.1. The van der Waals surface area contributed by atoms with Crippen LogP contribution in [0.1, 0.15) is 36.2 Å². The van der Waals surface area contributed by atoms with Crippen LogP contribution in [0.25, 0.3) is 10.9 Å². The monoisotopic (exact) mass is 395 g/mol. The Kier molecular flexibility index (Phi) is 6.26. The van der Waals surface area contributed by atoms with E-state index in [2.05, 4.69) is 15.6 Å². The van der Waals surface area contributed by atoms with E-state index in [1.807, 2.05) is 62.4 Å². The number of hydrogen-bond donors (Lipinski definition) is 2. The van der Waals surface area contributed by atoms with Crippen molar-refractivity contribution in [1.82, 2.24) is 10.3 Å². The molecule has 5 nitrogen and oxygen atoms in total. The van der Waals surface area contributed by atoms with Crippen LogP contribution in [-0.2, 0) is 11.3 Å². The van der Waals surface area contributed by atoms with Crippen molar-refractivity contribution in [3.8, 4) is 0 Å². The van der Waals surface area contributed by atoms with E-state index in [0.717, 1.165) is 23.1 Å². The van der Waals surface area contributed by atoms with Gasteiger partial charge >= 0.3 is 0 Å². The fourth-order valence-electron chi connectivity index (χ4n) is 2.82. The molecule has 1 atom stereocenters. The van der Waals surface area contributed by atoms with E-state index in [9.17, 15) is 9.59 Å². The van der Waals surface area contributed by atoms with E-state index >= 15 is 0 Å². The van der Waals surface area contributed by atoms with Crippen LogP contribution in [-0.4, -0.2) is 16.8 Å². The molecule has 0 saturated carbocycles. The normalized spacial score (nSPS) is 11.8. The number of amides is 2. The number of para-hydroxylation sites is 1. The lowest BCUT2D eigenvalue weighted by molar-refractivity contribution is -0.119. The van der Waals surface area contributed by atoms with Crippen molar-refractivity contribution >= 4 is 40.0 Å². The van der Waals surface area contributed by atoms with E-state index in [1.54, 1.807) is 6.07 Å². The molecule has 0 aliphatic carbocycles. The van der Waals surface area contributed by atoms with Gasteiger partial charge in [0.05, 0.1) is 11.1 Å². The second kappa shape index (κ2) is 8.85. The van der Waals surface area contributed by atoms with Crippen LogP contribution in [0.5, 0.6) is 0 Å². The van der Waals surface area contributed by atoms with Gasteiger partial charge in [-0.25, -0.2) is 4.98 Å². The molecule has 3 rings (SSSR count). The molecule has 0 bridgehead atoms. The number of anilines is 1. The Bertz CT molecular complexity index is 1020.